The van der Waals surface area contributed by atoms with E-state index in [2.05, 4.69) is 15.5 Å². The molecule has 0 spiro atoms. The molecule has 1 fully saturated rings. The first kappa shape index (κ1) is 13.2. The van der Waals surface area contributed by atoms with Gasteiger partial charge < -0.3 is 10.0 Å². The first-order valence-electron chi connectivity index (χ1n) is 6.54. The Kier molecular flexibility index (Phi) is 3.35. The highest BCUT2D eigenvalue weighted by atomic mass is 16.4. The van der Waals surface area contributed by atoms with Crippen molar-refractivity contribution in [2.75, 3.05) is 6.54 Å². The number of hydrogen-bond acceptors (Lipinski definition) is 5. The third-order valence-electron chi connectivity index (χ3n) is 3.53. The van der Waals surface area contributed by atoms with E-state index in [1.807, 2.05) is 0 Å². The van der Waals surface area contributed by atoms with Crippen LogP contribution in [0.2, 0.25) is 0 Å². The molecule has 0 saturated carbocycles. The van der Waals surface area contributed by atoms with Crippen molar-refractivity contribution in [1.82, 2.24) is 25.1 Å². The summed E-state index contributed by atoms with van der Waals surface area (Å²) in [6.07, 6.45) is 2.67. The van der Waals surface area contributed by atoms with Crippen molar-refractivity contribution in [2.24, 2.45) is 0 Å². The molecule has 1 aliphatic rings. The molecule has 0 aliphatic carbocycles. The molecule has 3 rings (SSSR count). The maximum atomic E-state index is 12.4. The predicted molar refractivity (Wildman–Crippen MR) is 70.8 cm³/mol. The molecule has 0 bridgehead atoms. The molecule has 2 aromatic rings. The van der Waals surface area contributed by atoms with Gasteiger partial charge in [0.05, 0.1) is 5.69 Å². The van der Waals surface area contributed by atoms with E-state index < -0.39 is 12.0 Å². The minimum absolute atomic E-state index is 0.261. The van der Waals surface area contributed by atoms with Crippen LogP contribution in [0.5, 0.6) is 0 Å². The molecule has 8 heteroatoms. The van der Waals surface area contributed by atoms with Gasteiger partial charge in [-0.2, -0.15) is 0 Å². The topological polar surface area (TPSA) is 101 Å². The maximum absolute atomic E-state index is 12.4. The maximum Gasteiger partial charge on any atom is 0.326 e. The van der Waals surface area contributed by atoms with Gasteiger partial charge in [0, 0.05) is 12.1 Å². The molecule has 1 aromatic carbocycles. The molecule has 1 amide bonds. The number of amides is 1. The molecule has 1 aromatic heterocycles. The summed E-state index contributed by atoms with van der Waals surface area (Å²) < 4.78 is 1.48. The van der Waals surface area contributed by atoms with Gasteiger partial charge in [-0.25, -0.2) is 9.48 Å². The minimum atomic E-state index is -0.953. The van der Waals surface area contributed by atoms with E-state index >= 15 is 0 Å². The minimum Gasteiger partial charge on any atom is -0.480 e. The molecule has 1 aliphatic heterocycles. The Morgan fingerprint density at radius 2 is 2.00 bits per heavy atom. The summed E-state index contributed by atoms with van der Waals surface area (Å²) in [5, 5.41) is 20.0. The number of tetrazole rings is 1. The first-order chi connectivity index (χ1) is 10.2. The zero-order chi connectivity index (χ0) is 14.8. The normalized spacial score (nSPS) is 17.9. The van der Waals surface area contributed by atoms with Crippen LogP contribution in [0.4, 0.5) is 0 Å². The van der Waals surface area contributed by atoms with E-state index in [1.54, 1.807) is 24.3 Å². The predicted octanol–water partition coefficient (Wildman–Crippen LogP) is 0.351. The zero-order valence-electron chi connectivity index (χ0n) is 11.1. The number of carbonyl (C=O) groups excluding carboxylic acids is 1. The molecule has 8 nitrogen and oxygen atoms in total. The zero-order valence-corrected chi connectivity index (χ0v) is 11.1. The van der Waals surface area contributed by atoms with Crippen LogP contribution in [0.15, 0.2) is 30.6 Å². The summed E-state index contributed by atoms with van der Waals surface area (Å²) in [6, 6.07) is 6.01. The summed E-state index contributed by atoms with van der Waals surface area (Å²) in [7, 11) is 0. The molecule has 0 radical (unpaired) electrons. The number of carbonyl (C=O) groups is 2. The molecule has 1 saturated heterocycles. The number of likely N-dealkylation sites (tertiary alicyclic amines) is 1. The lowest BCUT2D eigenvalue weighted by Crippen LogP contribution is -2.40. The molecular formula is C13H13N5O3. The standard InChI is InChI=1S/C13H13N5O3/c19-12(17-7-1-2-11(17)13(20)21)9-3-5-10(6-4-9)18-8-14-15-16-18/h3-6,8,11H,1-2,7H2,(H,20,21). The van der Waals surface area contributed by atoms with Crippen LogP contribution in [-0.4, -0.2) is 54.7 Å². The van der Waals surface area contributed by atoms with E-state index in [9.17, 15) is 9.59 Å². The summed E-state index contributed by atoms with van der Waals surface area (Å²) in [5.74, 6) is -1.21. The third-order valence-corrected chi connectivity index (χ3v) is 3.53. The van der Waals surface area contributed by atoms with Crippen LogP contribution < -0.4 is 0 Å². The monoisotopic (exact) mass is 287 g/mol. The van der Waals surface area contributed by atoms with Gasteiger partial charge in [-0.1, -0.05) is 0 Å². The Labute approximate surface area is 120 Å². The summed E-state index contributed by atoms with van der Waals surface area (Å²) in [5.41, 5.74) is 1.19. The van der Waals surface area contributed by atoms with Gasteiger partial charge in [-0.3, -0.25) is 4.79 Å². The van der Waals surface area contributed by atoms with E-state index in [-0.39, 0.29) is 5.91 Å². The summed E-state index contributed by atoms with van der Waals surface area (Å²) in [4.78, 5) is 24.9. The van der Waals surface area contributed by atoms with Crippen molar-refractivity contribution in [1.29, 1.82) is 0 Å². The molecule has 108 valence electrons. The van der Waals surface area contributed by atoms with Gasteiger partial charge in [0.15, 0.2) is 0 Å². The van der Waals surface area contributed by atoms with Gasteiger partial charge in [0.2, 0.25) is 0 Å². The smallest absolute Gasteiger partial charge is 0.326 e. The van der Waals surface area contributed by atoms with Crippen molar-refractivity contribution >= 4 is 11.9 Å². The van der Waals surface area contributed by atoms with Crippen molar-refractivity contribution in [3.05, 3.63) is 36.2 Å². The average molecular weight is 287 g/mol. The highest BCUT2D eigenvalue weighted by molar-refractivity contribution is 5.97. The SMILES string of the molecule is O=C(O)C1CCCN1C(=O)c1ccc(-n2cnnn2)cc1. The highest BCUT2D eigenvalue weighted by Crippen LogP contribution is 2.20. The summed E-state index contributed by atoms with van der Waals surface area (Å²) >= 11 is 0. The lowest BCUT2D eigenvalue weighted by atomic mass is 10.1. The average Bonchev–Trinajstić information content (AvgIpc) is 3.18. The van der Waals surface area contributed by atoms with Crippen LogP contribution in [0.1, 0.15) is 23.2 Å². The van der Waals surface area contributed by atoms with Crippen molar-refractivity contribution < 1.29 is 14.7 Å². The van der Waals surface area contributed by atoms with Crippen LogP contribution >= 0.6 is 0 Å². The van der Waals surface area contributed by atoms with Crippen molar-refractivity contribution in [2.45, 2.75) is 18.9 Å². The highest BCUT2D eigenvalue weighted by Gasteiger charge is 2.34. The number of aromatic nitrogens is 4. The third kappa shape index (κ3) is 2.47. The molecular weight excluding hydrogens is 274 g/mol. The summed E-state index contributed by atoms with van der Waals surface area (Å²) in [6.45, 7) is 0.477. The van der Waals surface area contributed by atoms with Crippen molar-refractivity contribution in [3.63, 3.8) is 0 Å². The number of benzene rings is 1. The lowest BCUT2D eigenvalue weighted by molar-refractivity contribution is -0.141. The lowest BCUT2D eigenvalue weighted by Gasteiger charge is -2.21. The second-order valence-electron chi connectivity index (χ2n) is 4.80. The number of aliphatic carboxylic acids is 1. The van der Waals surface area contributed by atoms with E-state index in [4.69, 9.17) is 5.11 Å². The Balaban J connectivity index is 1.80. The Hall–Kier alpha value is -2.77. The molecule has 1 N–H and O–H groups in total. The second-order valence-corrected chi connectivity index (χ2v) is 4.80. The van der Waals surface area contributed by atoms with E-state index in [0.717, 1.165) is 5.69 Å². The Morgan fingerprint density at radius 3 is 2.62 bits per heavy atom. The van der Waals surface area contributed by atoms with Gasteiger partial charge in [0.25, 0.3) is 5.91 Å². The van der Waals surface area contributed by atoms with Gasteiger partial charge in [-0.05, 0) is 47.5 Å². The Bertz CT molecular complexity index is 653. The fraction of sp³-hybridized carbons (Fsp3) is 0.308. The van der Waals surface area contributed by atoms with Crippen LogP contribution in [0, 0.1) is 0 Å². The van der Waals surface area contributed by atoms with Crippen LogP contribution in [-0.2, 0) is 4.79 Å². The van der Waals surface area contributed by atoms with Crippen molar-refractivity contribution in [3.8, 4) is 5.69 Å². The van der Waals surface area contributed by atoms with E-state index in [1.165, 1.54) is 15.9 Å². The van der Waals surface area contributed by atoms with E-state index in [0.29, 0.717) is 24.9 Å². The molecule has 1 unspecified atom stereocenters. The number of rotatable bonds is 3. The second kappa shape index (κ2) is 5.31. The fourth-order valence-corrected chi connectivity index (χ4v) is 2.47. The Morgan fingerprint density at radius 1 is 1.24 bits per heavy atom. The molecule has 2 heterocycles. The number of nitrogens with zero attached hydrogens (tertiary/aromatic N) is 5. The number of carboxylic acids is 1. The number of carboxylic acid groups (broad SMARTS) is 1. The fourth-order valence-electron chi connectivity index (χ4n) is 2.47. The van der Waals surface area contributed by atoms with Gasteiger partial charge in [-0.15, -0.1) is 5.10 Å². The van der Waals surface area contributed by atoms with Gasteiger partial charge in [0.1, 0.15) is 12.4 Å². The number of hydrogen-bond donors (Lipinski definition) is 1. The largest absolute Gasteiger partial charge is 0.480 e. The van der Waals surface area contributed by atoms with Gasteiger partial charge >= 0.3 is 5.97 Å². The van der Waals surface area contributed by atoms with Crippen LogP contribution in [0.25, 0.3) is 5.69 Å². The quantitative estimate of drug-likeness (QED) is 0.874. The molecule has 21 heavy (non-hydrogen) atoms. The molecule has 1 atom stereocenters. The van der Waals surface area contributed by atoms with Crippen LogP contribution in [0.3, 0.4) is 0 Å². The first-order valence-corrected chi connectivity index (χ1v) is 6.54.